The summed E-state index contributed by atoms with van der Waals surface area (Å²) >= 11 is 14.3. The highest BCUT2D eigenvalue weighted by molar-refractivity contribution is 6.58. The summed E-state index contributed by atoms with van der Waals surface area (Å²) in [5.41, 5.74) is -1.53. The molecular formula is C34H29Cl2F5N2O8. The monoisotopic (exact) mass is 758 g/mol. The molecule has 0 bridgehead atoms. The minimum Gasteiger partial charge on any atom is -0.491 e. The molecule has 4 aliphatic rings. The third kappa shape index (κ3) is 5.41. The molecule has 2 aliphatic carbocycles. The van der Waals surface area contributed by atoms with Gasteiger partial charge in [0.1, 0.15) is 18.0 Å². The number of aliphatic hydroxyl groups is 1. The zero-order valence-electron chi connectivity index (χ0n) is 26.4. The van der Waals surface area contributed by atoms with Crippen LogP contribution in [0.15, 0.2) is 35.9 Å². The molecule has 17 heteroatoms. The van der Waals surface area contributed by atoms with E-state index in [0.717, 1.165) is 4.90 Å². The fourth-order valence-electron chi connectivity index (χ4n) is 7.93. The predicted octanol–water partition coefficient (Wildman–Crippen LogP) is 4.96. The minimum atomic E-state index is -2.71. The molecule has 2 aliphatic heterocycles. The molecule has 6 unspecified atom stereocenters. The number of imide groups is 2. The summed E-state index contributed by atoms with van der Waals surface area (Å²) in [5, 5.41) is 18.4. The van der Waals surface area contributed by atoms with Gasteiger partial charge in [0.05, 0.1) is 18.4 Å². The first-order valence-electron chi connectivity index (χ1n) is 16.0. The van der Waals surface area contributed by atoms with E-state index in [9.17, 15) is 42.3 Å². The second-order valence-corrected chi connectivity index (χ2v) is 14.1. The second-order valence-electron chi connectivity index (χ2n) is 12.8. The van der Waals surface area contributed by atoms with Gasteiger partial charge >= 0.3 is 5.97 Å². The van der Waals surface area contributed by atoms with Crippen LogP contribution >= 0.6 is 23.2 Å². The first-order valence-corrected chi connectivity index (χ1v) is 16.8. The first kappa shape index (κ1) is 36.7. The number of alkyl halides is 2. The number of anilines is 1. The Morgan fingerprint density at radius 2 is 1.53 bits per heavy atom. The summed E-state index contributed by atoms with van der Waals surface area (Å²) in [5.74, 6) is -22.4. The van der Waals surface area contributed by atoms with Gasteiger partial charge in [-0.2, -0.15) is 0 Å². The van der Waals surface area contributed by atoms with Gasteiger partial charge < -0.3 is 14.9 Å². The number of ether oxygens (including phenoxy) is 1. The summed E-state index contributed by atoms with van der Waals surface area (Å²) < 4.78 is 79.1. The number of nitrogens with zero attached hydrogens (tertiary/aromatic N) is 2. The fraction of sp³-hybridized carbons (Fsp3) is 0.441. The lowest BCUT2D eigenvalue weighted by molar-refractivity contribution is -0.141. The number of carboxylic acids is 1. The van der Waals surface area contributed by atoms with E-state index in [4.69, 9.17) is 33.0 Å². The molecule has 3 fully saturated rings. The molecule has 0 radical (unpaired) electrons. The topological polar surface area (TPSA) is 142 Å². The highest BCUT2D eigenvalue weighted by Crippen LogP contribution is 2.66. The van der Waals surface area contributed by atoms with Crippen molar-refractivity contribution in [3.63, 3.8) is 0 Å². The normalized spacial score (nSPS) is 28.5. The zero-order valence-corrected chi connectivity index (χ0v) is 28.0. The SMILES string of the molecule is O=C(O)CCCCCN1C(=O)C2CC=C3C(CC4(Cl)C(=O)N(c5c(F)c(F)c(F)c(F)c5F)C(=O)C4(Cl)C3c3ccccc3OCCO)C2C1=O. The average Bonchev–Trinajstić information content (AvgIpc) is 3.43. The van der Waals surface area contributed by atoms with E-state index in [1.54, 1.807) is 6.08 Å². The highest BCUT2D eigenvalue weighted by Gasteiger charge is 2.77. The molecule has 6 atom stereocenters. The van der Waals surface area contributed by atoms with Crippen molar-refractivity contribution in [2.45, 2.75) is 54.2 Å². The summed E-state index contributed by atoms with van der Waals surface area (Å²) in [7, 11) is 0. The third-order valence-electron chi connectivity index (χ3n) is 10.2. The number of carbonyl (C=O) groups excluding carboxylic acids is 4. The van der Waals surface area contributed by atoms with Crippen molar-refractivity contribution in [1.29, 1.82) is 0 Å². The van der Waals surface area contributed by atoms with Gasteiger partial charge in [0.15, 0.2) is 33.0 Å². The van der Waals surface area contributed by atoms with E-state index >= 15 is 8.78 Å². The molecule has 2 heterocycles. The molecule has 0 aromatic heterocycles. The number of amides is 4. The Morgan fingerprint density at radius 3 is 2.18 bits per heavy atom. The number of aliphatic hydroxyl groups excluding tert-OH is 1. The molecule has 0 spiro atoms. The Morgan fingerprint density at radius 1 is 0.882 bits per heavy atom. The molecule has 10 nitrogen and oxygen atoms in total. The first-order chi connectivity index (χ1) is 24.1. The van der Waals surface area contributed by atoms with E-state index in [2.05, 4.69) is 0 Å². The number of hydrogen-bond donors (Lipinski definition) is 2. The van der Waals surface area contributed by atoms with Crippen LogP contribution in [0.3, 0.4) is 0 Å². The van der Waals surface area contributed by atoms with Gasteiger partial charge in [0.2, 0.25) is 17.6 Å². The van der Waals surface area contributed by atoms with Crippen molar-refractivity contribution in [2.75, 3.05) is 24.7 Å². The standard InChI is InChI=1S/C34H29Cl2F5N2O8/c35-33-14-18-15(9-10-17-21(18)30(48)42(29(17)47)11-5-1-2-8-20(45)46)22(16-6-3-4-7-19(16)51-13-12-44)34(33,36)32(50)43(31(33)49)28-26(40)24(38)23(37)25(39)27(28)41/h3-4,6-7,9,17-18,21-22,44H,1-2,5,8,10-14H2,(H,45,46). The van der Waals surface area contributed by atoms with Gasteiger partial charge in [-0.3, -0.25) is 28.9 Å². The molecule has 4 amide bonds. The number of hydrogen-bond acceptors (Lipinski definition) is 7. The van der Waals surface area contributed by atoms with Crippen molar-refractivity contribution >= 4 is 58.5 Å². The van der Waals surface area contributed by atoms with Crippen molar-refractivity contribution < 1.29 is 60.9 Å². The summed E-state index contributed by atoms with van der Waals surface area (Å²) in [6.07, 6.45) is 1.82. The Kier molecular flexibility index (Phi) is 9.70. The third-order valence-corrected chi connectivity index (χ3v) is 11.6. The summed E-state index contributed by atoms with van der Waals surface area (Å²) in [6.45, 7) is -0.728. The van der Waals surface area contributed by atoms with Gasteiger partial charge in [0.25, 0.3) is 11.8 Å². The van der Waals surface area contributed by atoms with Crippen LogP contribution in [0.5, 0.6) is 5.75 Å². The maximum Gasteiger partial charge on any atom is 0.303 e. The number of fused-ring (bicyclic) bond motifs is 4. The van der Waals surface area contributed by atoms with Gasteiger partial charge in [-0.05, 0) is 37.7 Å². The lowest BCUT2D eigenvalue weighted by Crippen LogP contribution is -2.60. The maximum atomic E-state index is 15.2. The Hall–Kier alpha value is -4.08. The Bertz CT molecular complexity index is 1870. The smallest absolute Gasteiger partial charge is 0.303 e. The number of para-hydroxylation sites is 1. The molecule has 6 rings (SSSR count). The number of allylic oxidation sites excluding steroid dienone is 2. The molecule has 272 valence electrons. The fourth-order valence-corrected chi connectivity index (χ4v) is 8.85. The minimum absolute atomic E-state index is 0.0233. The summed E-state index contributed by atoms with van der Waals surface area (Å²) in [4.78, 5) is 62.6. The number of benzene rings is 2. The summed E-state index contributed by atoms with van der Waals surface area (Å²) in [6, 6.07) is 5.92. The molecular weight excluding hydrogens is 730 g/mol. The van der Waals surface area contributed by atoms with Crippen molar-refractivity contribution in [3.8, 4) is 5.75 Å². The zero-order chi connectivity index (χ0) is 37.2. The average molecular weight is 760 g/mol. The molecule has 51 heavy (non-hydrogen) atoms. The van der Waals surface area contributed by atoms with Gasteiger partial charge in [-0.15, -0.1) is 23.2 Å². The highest BCUT2D eigenvalue weighted by atomic mass is 35.5. The number of aliphatic carboxylic acids is 1. The molecule has 2 aromatic carbocycles. The van der Waals surface area contributed by atoms with Crippen molar-refractivity contribution in [1.82, 2.24) is 4.90 Å². The quantitative estimate of drug-likeness (QED) is 0.0624. The van der Waals surface area contributed by atoms with Gasteiger partial charge in [-0.1, -0.05) is 36.3 Å². The number of halogens is 7. The van der Waals surface area contributed by atoms with Crippen LogP contribution < -0.4 is 9.64 Å². The van der Waals surface area contributed by atoms with Crippen LogP contribution in [0.2, 0.25) is 0 Å². The van der Waals surface area contributed by atoms with Crippen LogP contribution in [-0.2, 0) is 24.0 Å². The van der Waals surface area contributed by atoms with Crippen LogP contribution in [0.4, 0.5) is 27.6 Å². The van der Waals surface area contributed by atoms with Crippen molar-refractivity contribution in [2.24, 2.45) is 17.8 Å². The van der Waals surface area contributed by atoms with Crippen LogP contribution in [0.1, 0.15) is 50.0 Å². The number of likely N-dealkylation sites (tertiary alicyclic amines) is 1. The van der Waals surface area contributed by atoms with Crippen LogP contribution in [0, 0.1) is 46.8 Å². The molecule has 1 saturated carbocycles. The largest absolute Gasteiger partial charge is 0.491 e. The van der Waals surface area contributed by atoms with Crippen molar-refractivity contribution in [3.05, 3.63) is 70.6 Å². The Balaban J connectivity index is 1.49. The van der Waals surface area contributed by atoms with Gasteiger partial charge in [0, 0.05) is 24.4 Å². The lowest BCUT2D eigenvalue weighted by atomic mass is 9.56. The van der Waals surface area contributed by atoms with E-state index in [1.807, 2.05) is 0 Å². The molecule has 2 aromatic rings. The maximum absolute atomic E-state index is 15.2. The number of rotatable bonds is 11. The lowest BCUT2D eigenvalue weighted by Gasteiger charge is -2.51. The van der Waals surface area contributed by atoms with Crippen LogP contribution in [-0.4, -0.2) is 74.2 Å². The van der Waals surface area contributed by atoms with E-state index < -0.39 is 111 Å². The van der Waals surface area contributed by atoms with Gasteiger partial charge in [-0.25, -0.2) is 26.9 Å². The van der Waals surface area contributed by atoms with E-state index in [0.29, 0.717) is 19.3 Å². The van der Waals surface area contributed by atoms with Crippen LogP contribution in [0.25, 0.3) is 0 Å². The van der Waals surface area contributed by atoms with E-state index in [-0.39, 0.29) is 47.8 Å². The predicted molar refractivity (Wildman–Crippen MR) is 168 cm³/mol. The number of carboxylic acid groups (broad SMARTS) is 1. The molecule has 2 saturated heterocycles. The Labute approximate surface area is 296 Å². The second kappa shape index (κ2) is 13.5. The molecule has 2 N–H and O–H groups in total. The van der Waals surface area contributed by atoms with E-state index in [1.165, 1.54) is 24.3 Å². The number of unbranched alkanes of at least 4 members (excludes halogenated alkanes) is 2. The number of carbonyl (C=O) groups is 5.